The Morgan fingerprint density at radius 3 is 2.30 bits per heavy atom. The lowest BCUT2D eigenvalue weighted by molar-refractivity contribution is 0.444. The molecule has 60 valence electrons. The Hall–Kier alpha value is 0.290. The van der Waals surface area contributed by atoms with Crippen molar-refractivity contribution in [3.05, 3.63) is 0 Å². The zero-order valence-electron chi connectivity index (χ0n) is 7.10. The van der Waals surface area contributed by atoms with Crippen molar-refractivity contribution in [1.82, 2.24) is 0 Å². The molecule has 0 N–H and O–H groups in total. The van der Waals surface area contributed by atoms with E-state index in [1.165, 1.54) is 12.8 Å². The molecule has 0 aromatic carbocycles. The highest BCUT2D eigenvalue weighted by Crippen LogP contribution is 2.49. The van der Waals surface area contributed by atoms with E-state index in [4.69, 9.17) is 11.6 Å². The first-order valence-electron chi connectivity index (χ1n) is 4.32. The van der Waals surface area contributed by atoms with E-state index in [1.807, 2.05) is 0 Å². The van der Waals surface area contributed by atoms with Crippen molar-refractivity contribution in [2.24, 2.45) is 17.8 Å². The van der Waals surface area contributed by atoms with Crippen molar-refractivity contribution in [2.75, 3.05) is 0 Å². The molecule has 10 heavy (non-hydrogen) atoms. The molecule has 4 atom stereocenters. The van der Waals surface area contributed by atoms with Gasteiger partial charge in [0.1, 0.15) is 0 Å². The van der Waals surface area contributed by atoms with Crippen LogP contribution in [0.5, 0.6) is 0 Å². The maximum absolute atomic E-state index is 6.03. The Morgan fingerprint density at radius 1 is 1.50 bits per heavy atom. The molecule has 0 amide bonds. The van der Waals surface area contributed by atoms with Gasteiger partial charge in [-0.2, -0.15) is 0 Å². The van der Waals surface area contributed by atoms with Gasteiger partial charge in [0.2, 0.25) is 0 Å². The Bertz CT molecular complexity index is 103. The van der Waals surface area contributed by atoms with Crippen LogP contribution in [-0.4, -0.2) is 5.38 Å². The molecular weight excluding hydrogens is 144 g/mol. The number of halogens is 1. The first-order valence-corrected chi connectivity index (χ1v) is 4.76. The van der Waals surface area contributed by atoms with Crippen molar-refractivity contribution in [3.8, 4) is 0 Å². The van der Waals surface area contributed by atoms with E-state index in [0.717, 1.165) is 17.8 Å². The van der Waals surface area contributed by atoms with Crippen LogP contribution >= 0.6 is 11.6 Å². The fraction of sp³-hybridized carbons (Fsp3) is 1.00. The van der Waals surface area contributed by atoms with Crippen molar-refractivity contribution in [1.29, 1.82) is 0 Å². The molecule has 1 rings (SSSR count). The van der Waals surface area contributed by atoms with Crippen LogP contribution in [0.3, 0.4) is 0 Å². The average Bonchev–Trinajstić information content (AvgIpc) is 2.42. The van der Waals surface area contributed by atoms with Gasteiger partial charge in [0.15, 0.2) is 0 Å². The zero-order chi connectivity index (χ0) is 7.72. The smallest absolute Gasteiger partial charge is 0.0398 e. The molecule has 0 aromatic rings. The fourth-order valence-electron chi connectivity index (χ4n) is 1.92. The van der Waals surface area contributed by atoms with Crippen molar-refractivity contribution in [2.45, 2.75) is 39.0 Å². The summed E-state index contributed by atoms with van der Waals surface area (Å²) in [6.07, 6.45) is 2.65. The number of hydrogen-bond donors (Lipinski definition) is 0. The van der Waals surface area contributed by atoms with Gasteiger partial charge < -0.3 is 0 Å². The van der Waals surface area contributed by atoms with Gasteiger partial charge in [0.25, 0.3) is 0 Å². The molecule has 0 saturated heterocycles. The average molecular weight is 161 g/mol. The van der Waals surface area contributed by atoms with Crippen LogP contribution in [0, 0.1) is 17.8 Å². The van der Waals surface area contributed by atoms with Crippen LogP contribution in [-0.2, 0) is 0 Å². The standard InChI is InChI=1S/C9H17Cl/c1-4-5-6(2)8-7(3)9(8)10/h6-9H,4-5H2,1-3H3/t6-,7+,8-,9+/m0/s1. The molecule has 0 spiro atoms. The summed E-state index contributed by atoms with van der Waals surface area (Å²) in [6.45, 7) is 6.83. The molecule has 0 radical (unpaired) electrons. The highest BCUT2D eigenvalue weighted by Gasteiger charge is 2.47. The summed E-state index contributed by atoms with van der Waals surface area (Å²) in [5, 5.41) is 0.488. The summed E-state index contributed by atoms with van der Waals surface area (Å²) in [7, 11) is 0. The van der Waals surface area contributed by atoms with E-state index in [2.05, 4.69) is 20.8 Å². The lowest BCUT2D eigenvalue weighted by atomic mass is 9.99. The predicted molar refractivity (Wildman–Crippen MR) is 46.4 cm³/mol. The first kappa shape index (κ1) is 8.39. The quantitative estimate of drug-likeness (QED) is 0.556. The van der Waals surface area contributed by atoms with Gasteiger partial charge in [-0.25, -0.2) is 0 Å². The van der Waals surface area contributed by atoms with Gasteiger partial charge in [-0.05, 0) is 17.8 Å². The summed E-state index contributed by atoms with van der Waals surface area (Å²) in [4.78, 5) is 0. The van der Waals surface area contributed by atoms with Crippen molar-refractivity contribution < 1.29 is 0 Å². The second-order valence-electron chi connectivity index (χ2n) is 3.65. The summed E-state index contributed by atoms with van der Waals surface area (Å²) in [5.41, 5.74) is 0. The fourth-order valence-corrected chi connectivity index (χ4v) is 2.48. The maximum Gasteiger partial charge on any atom is 0.0398 e. The zero-order valence-corrected chi connectivity index (χ0v) is 7.86. The van der Waals surface area contributed by atoms with Crippen molar-refractivity contribution >= 4 is 11.6 Å². The van der Waals surface area contributed by atoms with Gasteiger partial charge in [-0.15, -0.1) is 11.6 Å². The van der Waals surface area contributed by atoms with Crippen LogP contribution < -0.4 is 0 Å². The summed E-state index contributed by atoms with van der Waals surface area (Å²) in [5.74, 6) is 2.45. The van der Waals surface area contributed by atoms with Crippen molar-refractivity contribution in [3.63, 3.8) is 0 Å². The highest BCUT2D eigenvalue weighted by molar-refractivity contribution is 6.23. The molecule has 0 unspecified atom stereocenters. The van der Waals surface area contributed by atoms with E-state index < -0.39 is 0 Å². The summed E-state index contributed by atoms with van der Waals surface area (Å²) in [6, 6.07) is 0. The second-order valence-corrected chi connectivity index (χ2v) is 4.15. The molecular formula is C9H17Cl. The Balaban J connectivity index is 2.24. The monoisotopic (exact) mass is 160 g/mol. The minimum atomic E-state index is 0.488. The number of rotatable bonds is 3. The van der Waals surface area contributed by atoms with Gasteiger partial charge in [-0.3, -0.25) is 0 Å². The van der Waals surface area contributed by atoms with Gasteiger partial charge >= 0.3 is 0 Å². The molecule has 1 heteroatoms. The summed E-state index contributed by atoms with van der Waals surface area (Å²) >= 11 is 6.03. The SMILES string of the molecule is CCC[C@H](C)[C@H]1[C@@H](C)[C@H]1Cl. The maximum atomic E-state index is 6.03. The highest BCUT2D eigenvalue weighted by atomic mass is 35.5. The molecule has 1 aliphatic rings. The van der Waals surface area contributed by atoms with Crippen LogP contribution in [0.4, 0.5) is 0 Å². The summed E-state index contributed by atoms with van der Waals surface area (Å²) < 4.78 is 0. The molecule has 0 heterocycles. The Kier molecular flexibility index (Phi) is 2.62. The molecule has 1 saturated carbocycles. The predicted octanol–water partition coefficient (Wildman–Crippen LogP) is 3.30. The van der Waals surface area contributed by atoms with E-state index in [9.17, 15) is 0 Å². The molecule has 0 bridgehead atoms. The molecule has 0 aromatic heterocycles. The van der Waals surface area contributed by atoms with E-state index in [-0.39, 0.29) is 0 Å². The molecule has 0 nitrogen and oxygen atoms in total. The minimum absolute atomic E-state index is 0.488. The third-order valence-corrected chi connectivity index (χ3v) is 3.43. The lowest BCUT2D eigenvalue weighted by Gasteiger charge is -2.06. The lowest BCUT2D eigenvalue weighted by Crippen LogP contribution is -1.98. The third-order valence-electron chi connectivity index (χ3n) is 2.74. The van der Waals surface area contributed by atoms with E-state index in [1.54, 1.807) is 0 Å². The van der Waals surface area contributed by atoms with Crippen LogP contribution in [0.2, 0.25) is 0 Å². The topological polar surface area (TPSA) is 0 Å². The van der Waals surface area contributed by atoms with Crippen LogP contribution in [0.15, 0.2) is 0 Å². The third kappa shape index (κ3) is 1.47. The molecule has 0 aliphatic heterocycles. The Labute approximate surface area is 69.0 Å². The number of hydrogen-bond acceptors (Lipinski definition) is 0. The molecule has 1 fully saturated rings. The largest absolute Gasteiger partial charge is 0.122 e. The van der Waals surface area contributed by atoms with Gasteiger partial charge in [-0.1, -0.05) is 33.6 Å². The van der Waals surface area contributed by atoms with Gasteiger partial charge in [0, 0.05) is 5.38 Å². The Morgan fingerprint density at radius 2 is 2.00 bits per heavy atom. The van der Waals surface area contributed by atoms with Crippen LogP contribution in [0.25, 0.3) is 0 Å². The van der Waals surface area contributed by atoms with Gasteiger partial charge in [0.05, 0.1) is 0 Å². The number of alkyl halides is 1. The normalized spacial score (nSPS) is 41.4. The van der Waals surface area contributed by atoms with Crippen LogP contribution in [0.1, 0.15) is 33.6 Å². The minimum Gasteiger partial charge on any atom is -0.122 e. The second kappa shape index (κ2) is 3.13. The van der Waals surface area contributed by atoms with E-state index in [0.29, 0.717) is 5.38 Å². The first-order chi connectivity index (χ1) is 4.68. The molecule has 1 aliphatic carbocycles. The van der Waals surface area contributed by atoms with E-state index >= 15 is 0 Å².